The lowest BCUT2D eigenvalue weighted by atomic mass is 10.1. The van der Waals surface area contributed by atoms with E-state index in [4.69, 9.17) is 16.3 Å². The van der Waals surface area contributed by atoms with E-state index in [-0.39, 0.29) is 18.4 Å². The minimum atomic E-state index is -3.50. The maximum atomic E-state index is 14.5. The molecule has 2 aromatic rings. The van der Waals surface area contributed by atoms with Crippen LogP contribution in [0.2, 0.25) is 5.15 Å². The molecule has 0 saturated carbocycles. The lowest BCUT2D eigenvalue weighted by Gasteiger charge is -2.28. The summed E-state index contributed by atoms with van der Waals surface area (Å²) in [6, 6.07) is 9.46. The highest BCUT2D eigenvalue weighted by Crippen LogP contribution is 2.28. The first kappa shape index (κ1) is 24.4. The van der Waals surface area contributed by atoms with E-state index in [1.165, 1.54) is 12.2 Å². The van der Waals surface area contributed by atoms with E-state index in [2.05, 4.69) is 15.6 Å². The number of alkyl halides is 2. The number of carbonyl (C=O) groups is 1. The molecule has 9 nitrogen and oxygen atoms in total. The van der Waals surface area contributed by atoms with Gasteiger partial charge < -0.3 is 10.1 Å². The molecule has 176 valence electrons. The molecule has 12 heteroatoms. The van der Waals surface area contributed by atoms with Gasteiger partial charge in [-0.1, -0.05) is 54.1 Å². The number of hydrogen-bond donors (Lipinski definition) is 3. The Bertz CT molecular complexity index is 1090. The molecule has 0 amide bonds. The number of ether oxygens (including phenoxy) is 1. The number of nitrogens with zero attached hydrogens (tertiary/aromatic N) is 3. The summed E-state index contributed by atoms with van der Waals surface area (Å²) in [5, 5.41) is 15.1. The lowest BCUT2D eigenvalue weighted by molar-refractivity contribution is -0.145. The van der Waals surface area contributed by atoms with Crippen LogP contribution in [0.15, 0.2) is 65.2 Å². The summed E-state index contributed by atoms with van der Waals surface area (Å²) in [5.74, 6) is -4.68. The second-order valence-electron chi connectivity index (χ2n) is 7.01. The molecule has 0 atom stereocenters. The third-order valence-corrected chi connectivity index (χ3v) is 4.90. The quantitative estimate of drug-likeness (QED) is 0.270. The molecule has 0 unspecified atom stereocenters. The summed E-state index contributed by atoms with van der Waals surface area (Å²) in [5.41, 5.74) is -0.497. The molecular weight excluding hydrogens is 460 g/mol. The van der Waals surface area contributed by atoms with Crippen LogP contribution in [0.3, 0.4) is 0 Å². The molecule has 1 aromatic heterocycles. The summed E-state index contributed by atoms with van der Waals surface area (Å²) in [6.45, 7) is -1.25. The summed E-state index contributed by atoms with van der Waals surface area (Å²) in [6.07, 6.45) is 5.03. The van der Waals surface area contributed by atoms with Gasteiger partial charge in [-0.15, -0.1) is 0 Å². The molecule has 0 spiro atoms. The van der Waals surface area contributed by atoms with Gasteiger partial charge in [0.1, 0.15) is 24.1 Å². The number of hydrogen-bond acceptors (Lipinski definition) is 8. The van der Waals surface area contributed by atoms with Crippen LogP contribution in [0.5, 0.6) is 0 Å². The molecule has 1 aliphatic heterocycles. The predicted octanol–water partition coefficient (Wildman–Crippen LogP) is 2.38. The highest BCUT2D eigenvalue weighted by atomic mass is 35.5. The van der Waals surface area contributed by atoms with Crippen LogP contribution in [-0.4, -0.2) is 51.5 Å². The maximum absolute atomic E-state index is 14.5. The smallest absolute Gasteiger partial charge is 0.327 e. The molecule has 0 aliphatic carbocycles. The fourth-order valence-corrected chi connectivity index (χ4v) is 3.12. The molecular formula is C21H22ClF2N5O4. The van der Waals surface area contributed by atoms with Crippen molar-refractivity contribution in [3.63, 3.8) is 0 Å². The highest BCUT2D eigenvalue weighted by molar-refractivity contribution is 6.29. The van der Waals surface area contributed by atoms with Crippen molar-refractivity contribution in [3.8, 4) is 0 Å². The number of esters is 1. The van der Waals surface area contributed by atoms with Crippen molar-refractivity contribution in [2.45, 2.75) is 19.0 Å². The van der Waals surface area contributed by atoms with Crippen LogP contribution in [0.4, 0.5) is 14.6 Å². The van der Waals surface area contributed by atoms with E-state index in [0.29, 0.717) is 11.6 Å². The number of carbonyl (C=O) groups excluding carboxylic acids is 1. The van der Waals surface area contributed by atoms with Gasteiger partial charge in [-0.25, -0.2) is 4.98 Å². The molecule has 1 aliphatic rings. The second kappa shape index (κ2) is 11.0. The van der Waals surface area contributed by atoms with Crippen LogP contribution in [0, 0.1) is 0 Å². The highest BCUT2D eigenvalue weighted by Gasteiger charge is 2.38. The molecule has 0 saturated heterocycles. The monoisotopic (exact) mass is 481 g/mol. The zero-order valence-electron chi connectivity index (χ0n) is 17.4. The molecule has 2 heterocycles. The Hall–Kier alpha value is -3.28. The minimum Gasteiger partial charge on any atom is -0.448 e. The lowest BCUT2D eigenvalue weighted by Crippen LogP contribution is -2.40. The summed E-state index contributed by atoms with van der Waals surface area (Å²) in [7, 11) is 0. The summed E-state index contributed by atoms with van der Waals surface area (Å²) in [4.78, 5) is 28.4. The number of rotatable bonds is 10. The Morgan fingerprint density at radius 1 is 1.30 bits per heavy atom. The Labute approximate surface area is 192 Å². The van der Waals surface area contributed by atoms with Gasteiger partial charge in [0.05, 0.1) is 19.3 Å². The van der Waals surface area contributed by atoms with Crippen LogP contribution in [0.25, 0.3) is 0 Å². The molecule has 3 rings (SSSR count). The first-order valence-electron chi connectivity index (χ1n) is 9.89. The van der Waals surface area contributed by atoms with Crippen molar-refractivity contribution in [2.75, 3.05) is 25.1 Å². The van der Waals surface area contributed by atoms with Gasteiger partial charge in [-0.3, -0.25) is 29.7 Å². The van der Waals surface area contributed by atoms with E-state index in [0.717, 1.165) is 22.4 Å². The van der Waals surface area contributed by atoms with Crippen LogP contribution < -0.4 is 16.2 Å². The second-order valence-corrected chi connectivity index (χ2v) is 7.40. The van der Waals surface area contributed by atoms with Gasteiger partial charge >= 0.3 is 11.9 Å². The molecule has 33 heavy (non-hydrogen) atoms. The van der Waals surface area contributed by atoms with Crippen molar-refractivity contribution in [2.24, 2.45) is 0 Å². The molecule has 0 radical (unpaired) electrons. The van der Waals surface area contributed by atoms with Crippen molar-refractivity contribution in [1.29, 1.82) is 0 Å². The third kappa shape index (κ3) is 6.60. The van der Waals surface area contributed by atoms with Crippen molar-refractivity contribution in [3.05, 3.63) is 81.5 Å². The van der Waals surface area contributed by atoms with E-state index in [9.17, 15) is 23.6 Å². The largest absolute Gasteiger partial charge is 0.448 e. The normalized spacial score (nSPS) is 13.6. The van der Waals surface area contributed by atoms with E-state index >= 15 is 0 Å². The maximum Gasteiger partial charge on any atom is 0.327 e. The molecule has 0 fully saturated rings. The number of anilines is 1. The number of halogens is 3. The topological polar surface area (TPSA) is 109 Å². The Morgan fingerprint density at radius 3 is 2.79 bits per heavy atom. The van der Waals surface area contributed by atoms with Gasteiger partial charge in [-0.05, 0) is 11.6 Å². The fourth-order valence-electron chi connectivity index (χ4n) is 2.93. The SMILES string of the molecule is O=C(Cn1c(Cl)cnc(NCC(F)(F)C2=CC=CCN2O)c1=O)OCNCc1ccccc1. The van der Waals surface area contributed by atoms with Gasteiger partial charge in [0.15, 0.2) is 5.82 Å². The summed E-state index contributed by atoms with van der Waals surface area (Å²) < 4.78 is 34.8. The average molecular weight is 482 g/mol. The van der Waals surface area contributed by atoms with Crippen LogP contribution in [-0.2, 0) is 22.6 Å². The zero-order chi connectivity index (χ0) is 23.8. The summed E-state index contributed by atoms with van der Waals surface area (Å²) >= 11 is 5.96. The minimum absolute atomic E-state index is 0.0876. The number of allylic oxidation sites excluding steroid dienone is 2. The zero-order valence-corrected chi connectivity index (χ0v) is 18.1. The van der Waals surface area contributed by atoms with Gasteiger partial charge in [0, 0.05) is 6.54 Å². The molecule has 3 N–H and O–H groups in total. The van der Waals surface area contributed by atoms with Gasteiger partial charge in [0.2, 0.25) is 0 Å². The Morgan fingerprint density at radius 2 is 2.06 bits per heavy atom. The predicted molar refractivity (Wildman–Crippen MR) is 117 cm³/mol. The van der Waals surface area contributed by atoms with E-state index < -0.39 is 42.1 Å². The molecule has 1 aromatic carbocycles. The average Bonchev–Trinajstić information content (AvgIpc) is 2.80. The number of nitrogens with one attached hydrogen (secondary N) is 2. The number of aromatic nitrogens is 2. The third-order valence-electron chi connectivity index (χ3n) is 4.60. The van der Waals surface area contributed by atoms with Crippen molar-refractivity contribution >= 4 is 23.4 Å². The Balaban J connectivity index is 1.57. The standard InChI is InChI=1S/C21H22ClF2N5O4/c22-17-11-26-19(27-13-21(23,24)16-8-4-5-9-29(16)32)20(31)28(17)12-18(30)33-14-25-10-15-6-2-1-3-7-15/h1-8,11,25,32H,9-10,12-14H2,(H,26,27). The van der Waals surface area contributed by atoms with E-state index in [1.807, 2.05) is 30.3 Å². The fraction of sp³-hybridized carbons (Fsp3) is 0.286. The Kier molecular flexibility index (Phi) is 8.15. The number of hydroxylamine groups is 2. The number of benzene rings is 1. The van der Waals surface area contributed by atoms with E-state index in [1.54, 1.807) is 0 Å². The first-order valence-corrected chi connectivity index (χ1v) is 10.3. The van der Waals surface area contributed by atoms with Crippen LogP contribution >= 0.6 is 11.6 Å². The van der Waals surface area contributed by atoms with Gasteiger partial charge in [-0.2, -0.15) is 8.78 Å². The van der Waals surface area contributed by atoms with Crippen molar-refractivity contribution < 1.29 is 23.5 Å². The van der Waals surface area contributed by atoms with Crippen molar-refractivity contribution in [1.82, 2.24) is 19.9 Å². The first-order chi connectivity index (χ1) is 15.8. The molecule has 0 bridgehead atoms. The van der Waals surface area contributed by atoms with Crippen LogP contribution in [0.1, 0.15) is 5.56 Å². The van der Waals surface area contributed by atoms with Gasteiger partial charge in [0.25, 0.3) is 5.56 Å².